The standard InChI is InChI=1S/C25H33F2N3O3/c1-16-9-21(32-28-16)11-20(31)10-18-5-3-17(4-6-18)7-8-30-14-19-13-25(19,15-30)22-12-23(33-29-22)24(2,26)27/h9,12,17-19H,3-8,10-11,13-15H2,1-2H3/t17?,18?,19-,25-/m0/s1. The molecule has 2 aliphatic carbocycles. The maximum atomic E-state index is 13.5. The van der Waals surface area contributed by atoms with Crippen LogP contribution in [-0.4, -0.2) is 40.6 Å². The summed E-state index contributed by atoms with van der Waals surface area (Å²) in [6, 6.07) is 3.30. The van der Waals surface area contributed by atoms with Gasteiger partial charge in [0.15, 0.2) is 0 Å². The Morgan fingerprint density at radius 2 is 1.94 bits per heavy atom. The lowest BCUT2D eigenvalue weighted by Crippen LogP contribution is -2.29. The molecule has 6 nitrogen and oxygen atoms in total. The van der Waals surface area contributed by atoms with Crippen molar-refractivity contribution in [3.8, 4) is 0 Å². The maximum Gasteiger partial charge on any atom is 0.304 e. The summed E-state index contributed by atoms with van der Waals surface area (Å²) in [6.07, 6.45) is 7.77. The summed E-state index contributed by atoms with van der Waals surface area (Å²) in [4.78, 5) is 14.8. The Labute approximate surface area is 193 Å². The molecule has 0 radical (unpaired) electrons. The van der Waals surface area contributed by atoms with Crippen LogP contribution < -0.4 is 0 Å². The Morgan fingerprint density at radius 1 is 1.18 bits per heavy atom. The molecule has 2 saturated carbocycles. The van der Waals surface area contributed by atoms with Gasteiger partial charge in [0, 0.05) is 44.0 Å². The van der Waals surface area contributed by atoms with Gasteiger partial charge in [-0.1, -0.05) is 23.2 Å². The molecule has 0 amide bonds. The number of hydrogen-bond donors (Lipinski definition) is 0. The molecule has 2 aromatic heterocycles. The first-order valence-corrected chi connectivity index (χ1v) is 12.2. The Morgan fingerprint density at radius 3 is 2.61 bits per heavy atom. The van der Waals surface area contributed by atoms with Crippen molar-refractivity contribution in [1.29, 1.82) is 0 Å². The number of aryl methyl sites for hydroxylation is 1. The zero-order valence-electron chi connectivity index (χ0n) is 19.5. The summed E-state index contributed by atoms with van der Waals surface area (Å²) in [6.45, 7) is 5.68. The number of carbonyl (C=O) groups excluding carboxylic acids is 1. The predicted molar refractivity (Wildman–Crippen MR) is 117 cm³/mol. The van der Waals surface area contributed by atoms with Crippen molar-refractivity contribution in [3.05, 3.63) is 35.0 Å². The van der Waals surface area contributed by atoms with Gasteiger partial charge in [0.1, 0.15) is 11.5 Å². The summed E-state index contributed by atoms with van der Waals surface area (Å²) < 4.78 is 37.2. The lowest BCUT2D eigenvalue weighted by atomic mass is 9.78. The molecule has 5 rings (SSSR count). The van der Waals surface area contributed by atoms with E-state index in [0.29, 0.717) is 42.0 Å². The third-order valence-corrected chi connectivity index (χ3v) is 8.05. The van der Waals surface area contributed by atoms with Gasteiger partial charge in [-0.05, 0) is 56.9 Å². The van der Waals surface area contributed by atoms with Crippen molar-refractivity contribution >= 4 is 5.78 Å². The third-order valence-electron chi connectivity index (χ3n) is 8.05. The Hall–Kier alpha value is -2.09. The second-order valence-corrected chi connectivity index (χ2v) is 10.8. The Bertz CT molecular complexity index is 989. The zero-order valence-corrected chi connectivity index (χ0v) is 19.5. The van der Waals surface area contributed by atoms with Crippen LogP contribution in [0.3, 0.4) is 0 Å². The molecule has 0 spiro atoms. The van der Waals surface area contributed by atoms with Crippen molar-refractivity contribution in [2.24, 2.45) is 17.8 Å². The van der Waals surface area contributed by atoms with E-state index < -0.39 is 5.92 Å². The van der Waals surface area contributed by atoms with E-state index in [1.54, 1.807) is 0 Å². The number of Topliss-reactive ketones (excluding diaryl/α,β-unsaturated/α-hetero) is 1. The first-order valence-electron chi connectivity index (χ1n) is 12.2. The highest BCUT2D eigenvalue weighted by Crippen LogP contribution is 2.59. The van der Waals surface area contributed by atoms with Crippen LogP contribution in [0.1, 0.15) is 74.8 Å². The van der Waals surface area contributed by atoms with E-state index in [1.165, 1.54) is 18.9 Å². The molecule has 33 heavy (non-hydrogen) atoms. The predicted octanol–water partition coefficient (Wildman–Crippen LogP) is 5.05. The molecule has 1 aliphatic heterocycles. The Kier molecular flexibility index (Phi) is 5.91. The number of aromatic nitrogens is 2. The number of likely N-dealkylation sites (tertiary alicyclic amines) is 1. The summed E-state index contributed by atoms with van der Waals surface area (Å²) in [5.41, 5.74) is 1.44. The normalized spacial score (nSPS) is 29.9. The van der Waals surface area contributed by atoms with E-state index in [4.69, 9.17) is 9.05 Å². The molecule has 0 aromatic carbocycles. The number of rotatable bonds is 9. The molecular formula is C25H33F2N3O3. The topological polar surface area (TPSA) is 72.4 Å². The van der Waals surface area contributed by atoms with Crippen LogP contribution in [0.15, 0.2) is 21.2 Å². The molecule has 180 valence electrons. The molecule has 3 heterocycles. The van der Waals surface area contributed by atoms with Crippen molar-refractivity contribution in [2.45, 2.75) is 76.6 Å². The van der Waals surface area contributed by atoms with Crippen LogP contribution in [-0.2, 0) is 22.6 Å². The van der Waals surface area contributed by atoms with Gasteiger partial charge in [-0.15, -0.1) is 0 Å². The fourth-order valence-electron chi connectivity index (χ4n) is 6.05. The van der Waals surface area contributed by atoms with Gasteiger partial charge in [-0.2, -0.15) is 8.78 Å². The lowest BCUT2D eigenvalue weighted by molar-refractivity contribution is -0.119. The quantitative estimate of drug-likeness (QED) is 0.520. The average molecular weight is 462 g/mol. The molecule has 8 heteroatoms. The first-order chi connectivity index (χ1) is 15.7. The van der Waals surface area contributed by atoms with Crippen LogP contribution in [0, 0.1) is 24.7 Å². The van der Waals surface area contributed by atoms with Crippen molar-refractivity contribution in [1.82, 2.24) is 15.2 Å². The van der Waals surface area contributed by atoms with Gasteiger partial charge >= 0.3 is 5.92 Å². The van der Waals surface area contributed by atoms with Crippen LogP contribution in [0.5, 0.6) is 0 Å². The van der Waals surface area contributed by atoms with Gasteiger partial charge in [0.25, 0.3) is 0 Å². The molecular weight excluding hydrogens is 428 g/mol. The minimum absolute atomic E-state index is 0.0763. The second-order valence-electron chi connectivity index (χ2n) is 10.8. The molecule has 3 aliphatic rings. The highest BCUT2D eigenvalue weighted by molar-refractivity contribution is 5.80. The maximum absolute atomic E-state index is 13.5. The number of fused-ring (bicyclic) bond motifs is 1. The summed E-state index contributed by atoms with van der Waals surface area (Å²) in [7, 11) is 0. The fourth-order valence-corrected chi connectivity index (χ4v) is 6.05. The lowest BCUT2D eigenvalue weighted by Gasteiger charge is -2.30. The van der Waals surface area contributed by atoms with Gasteiger partial charge in [0.2, 0.25) is 5.76 Å². The van der Waals surface area contributed by atoms with Crippen LogP contribution in [0.4, 0.5) is 8.78 Å². The van der Waals surface area contributed by atoms with Gasteiger partial charge < -0.3 is 13.9 Å². The molecule has 3 fully saturated rings. The van der Waals surface area contributed by atoms with Crippen LogP contribution in [0.2, 0.25) is 0 Å². The number of carbonyl (C=O) groups is 1. The average Bonchev–Trinajstić information content (AvgIpc) is 3.18. The van der Waals surface area contributed by atoms with Crippen molar-refractivity contribution in [2.75, 3.05) is 19.6 Å². The smallest absolute Gasteiger partial charge is 0.304 e. The number of halogens is 2. The summed E-state index contributed by atoms with van der Waals surface area (Å²) in [5.74, 6) is -0.704. The number of hydrogen-bond acceptors (Lipinski definition) is 6. The fraction of sp³-hybridized carbons (Fsp3) is 0.720. The van der Waals surface area contributed by atoms with E-state index in [2.05, 4.69) is 15.2 Å². The molecule has 0 bridgehead atoms. The van der Waals surface area contributed by atoms with E-state index >= 15 is 0 Å². The molecule has 2 atom stereocenters. The number of ketones is 1. The zero-order chi connectivity index (χ0) is 23.2. The second kappa shape index (κ2) is 8.60. The van der Waals surface area contributed by atoms with Gasteiger partial charge in [-0.3, -0.25) is 4.79 Å². The van der Waals surface area contributed by atoms with E-state index in [9.17, 15) is 13.6 Å². The van der Waals surface area contributed by atoms with Crippen molar-refractivity contribution < 1.29 is 22.6 Å². The number of piperidine rings is 1. The molecule has 2 aromatic rings. The molecule has 0 unspecified atom stereocenters. The minimum atomic E-state index is -2.98. The Balaban J connectivity index is 1.03. The summed E-state index contributed by atoms with van der Waals surface area (Å²) >= 11 is 0. The SMILES string of the molecule is Cc1cc(CC(=O)CC2CCC(CCN3C[C@@H]4C[C@]4(c4cc(C(C)(F)F)on4)C3)CC2)on1. The first kappa shape index (κ1) is 22.7. The molecule has 0 N–H and O–H groups in total. The van der Waals surface area contributed by atoms with E-state index in [-0.39, 0.29) is 17.0 Å². The van der Waals surface area contributed by atoms with Crippen LogP contribution >= 0.6 is 0 Å². The highest BCUT2D eigenvalue weighted by atomic mass is 19.3. The minimum Gasteiger partial charge on any atom is -0.361 e. The van der Waals surface area contributed by atoms with E-state index in [1.807, 2.05) is 13.0 Å². The summed E-state index contributed by atoms with van der Waals surface area (Å²) in [5, 5.41) is 7.85. The monoisotopic (exact) mass is 461 g/mol. The largest absolute Gasteiger partial charge is 0.361 e. The number of nitrogens with zero attached hydrogens (tertiary/aromatic N) is 3. The highest BCUT2D eigenvalue weighted by Gasteiger charge is 2.62. The van der Waals surface area contributed by atoms with Crippen LogP contribution in [0.25, 0.3) is 0 Å². The number of alkyl halides is 2. The van der Waals surface area contributed by atoms with Gasteiger partial charge in [-0.25, -0.2) is 0 Å². The molecule has 1 saturated heterocycles. The van der Waals surface area contributed by atoms with E-state index in [0.717, 1.165) is 57.9 Å². The van der Waals surface area contributed by atoms with Gasteiger partial charge in [0.05, 0.1) is 17.8 Å². The van der Waals surface area contributed by atoms with Crippen molar-refractivity contribution in [3.63, 3.8) is 0 Å². The third kappa shape index (κ3) is 4.91.